The molecule has 0 fully saturated rings. The first-order valence-corrected chi connectivity index (χ1v) is 6.75. The molecular weight excluding hydrogens is 220 g/mol. The number of thiazole rings is 1. The standard InChI is InChI=1S/C12H22N2OS/c1-5-6-13-12-14-7-11(16-12)8-15-10(4)9(2)3/h7,9-10H,5-6,8H2,1-4H3,(H,13,14). The Morgan fingerprint density at radius 1 is 1.44 bits per heavy atom. The second-order valence-corrected chi connectivity index (χ2v) is 5.43. The summed E-state index contributed by atoms with van der Waals surface area (Å²) in [7, 11) is 0. The van der Waals surface area contributed by atoms with Crippen molar-refractivity contribution >= 4 is 16.5 Å². The number of rotatable bonds is 7. The van der Waals surface area contributed by atoms with E-state index in [1.54, 1.807) is 11.3 Å². The Kier molecular flexibility index (Phi) is 5.77. The zero-order valence-corrected chi connectivity index (χ0v) is 11.4. The lowest BCUT2D eigenvalue weighted by molar-refractivity contribution is 0.0248. The first kappa shape index (κ1) is 13.5. The highest BCUT2D eigenvalue weighted by Crippen LogP contribution is 2.20. The van der Waals surface area contributed by atoms with E-state index in [1.807, 2.05) is 6.20 Å². The van der Waals surface area contributed by atoms with Gasteiger partial charge >= 0.3 is 0 Å². The van der Waals surface area contributed by atoms with Crippen molar-refractivity contribution in [2.24, 2.45) is 5.92 Å². The number of nitrogens with one attached hydrogen (secondary N) is 1. The van der Waals surface area contributed by atoms with E-state index in [2.05, 4.69) is 38.0 Å². The van der Waals surface area contributed by atoms with Crippen LogP contribution in [0, 0.1) is 5.92 Å². The molecule has 0 amide bonds. The highest BCUT2D eigenvalue weighted by molar-refractivity contribution is 7.15. The van der Waals surface area contributed by atoms with E-state index in [1.165, 1.54) is 4.88 Å². The summed E-state index contributed by atoms with van der Waals surface area (Å²) in [6.45, 7) is 10.3. The SMILES string of the molecule is CCCNc1ncc(COC(C)C(C)C)s1. The molecule has 1 aromatic heterocycles. The minimum Gasteiger partial charge on any atom is -0.373 e. The Labute approximate surface area is 102 Å². The fourth-order valence-electron chi connectivity index (χ4n) is 1.09. The predicted octanol–water partition coefficient (Wildman–Crippen LogP) is 3.53. The lowest BCUT2D eigenvalue weighted by Gasteiger charge is -2.15. The number of nitrogens with zero attached hydrogens (tertiary/aromatic N) is 1. The van der Waals surface area contributed by atoms with Crippen LogP contribution in [-0.4, -0.2) is 17.6 Å². The van der Waals surface area contributed by atoms with Gasteiger partial charge in [0.1, 0.15) is 0 Å². The van der Waals surface area contributed by atoms with Crippen molar-refractivity contribution in [3.8, 4) is 0 Å². The molecule has 4 heteroatoms. The molecule has 1 atom stereocenters. The smallest absolute Gasteiger partial charge is 0.182 e. The zero-order chi connectivity index (χ0) is 12.0. The van der Waals surface area contributed by atoms with Crippen LogP contribution in [0.5, 0.6) is 0 Å². The normalized spacial score (nSPS) is 13.1. The Hall–Kier alpha value is -0.610. The Morgan fingerprint density at radius 3 is 2.81 bits per heavy atom. The molecule has 16 heavy (non-hydrogen) atoms. The lowest BCUT2D eigenvalue weighted by Crippen LogP contribution is -2.14. The highest BCUT2D eigenvalue weighted by Gasteiger charge is 2.08. The van der Waals surface area contributed by atoms with E-state index in [4.69, 9.17) is 4.74 Å². The van der Waals surface area contributed by atoms with Crippen LogP contribution in [-0.2, 0) is 11.3 Å². The van der Waals surface area contributed by atoms with Crippen molar-refractivity contribution in [3.63, 3.8) is 0 Å². The van der Waals surface area contributed by atoms with Gasteiger partial charge in [-0.3, -0.25) is 0 Å². The van der Waals surface area contributed by atoms with Gasteiger partial charge < -0.3 is 10.1 Å². The summed E-state index contributed by atoms with van der Waals surface area (Å²) in [5.74, 6) is 0.561. The zero-order valence-electron chi connectivity index (χ0n) is 10.6. The molecule has 0 aromatic carbocycles. The predicted molar refractivity (Wildman–Crippen MR) is 70.0 cm³/mol. The number of ether oxygens (including phenoxy) is 1. The fourth-order valence-corrected chi connectivity index (χ4v) is 1.85. The van der Waals surface area contributed by atoms with E-state index < -0.39 is 0 Å². The summed E-state index contributed by atoms with van der Waals surface area (Å²) in [5.41, 5.74) is 0. The minimum absolute atomic E-state index is 0.300. The van der Waals surface area contributed by atoms with Crippen LogP contribution in [0.1, 0.15) is 39.0 Å². The third kappa shape index (κ3) is 4.49. The average molecular weight is 242 g/mol. The van der Waals surface area contributed by atoms with E-state index in [-0.39, 0.29) is 0 Å². The van der Waals surface area contributed by atoms with E-state index in [0.29, 0.717) is 18.6 Å². The maximum Gasteiger partial charge on any atom is 0.182 e. The van der Waals surface area contributed by atoms with Crippen molar-refractivity contribution in [2.45, 2.75) is 46.8 Å². The van der Waals surface area contributed by atoms with Crippen LogP contribution in [0.15, 0.2) is 6.20 Å². The van der Waals surface area contributed by atoms with Crippen LogP contribution in [0.3, 0.4) is 0 Å². The number of hydrogen-bond acceptors (Lipinski definition) is 4. The van der Waals surface area contributed by atoms with Gasteiger partial charge in [-0.1, -0.05) is 32.1 Å². The molecule has 92 valence electrons. The molecule has 0 aliphatic rings. The van der Waals surface area contributed by atoms with Crippen LogP contribution in [0.25, 0.3) is 0 Å². The molecule has 3 nitrogen and oxygen atoms in total. The quantitative estimate of drug-likeness (QED) is 0.794. The Morgan fingerprint density at radius 2 is 2.19 bits per heavy atom. The van der Waals surface area contributed by atoms with Crippen LogP contribution in [0.2, 0.25) is 0 Å². The maximum atomic E-state index is 5.75. The van der Waals surface area contributed by atoms with Crippen molar-refractivity contribution in [1.82, 2.24) is 4.98 Å². The van der Waals surface area contributed by atoms with Crippen molar-refractivity contribution in [3.05, 3.63) is 11.1 Å². The third-order valence-corrected chi connectivity index (χ3v) is 3.44. The van der Waals surface area contributed by atoms with Gasteiger partial charge in [0, 0.05) is 12.7 Å². The van der Waals surface area contributed by atoms with Crippen LogP contribution in [0.4, 0.5) is 5.13 Å². The van der Waals surface area contributed by atoms with Gasteiger partial charge in [-0.25, -0.2) is 4.98 Å². The van der Waals surface area contributed by atoms with Gasteiger partial charge in [0.2, 0.25) is 0 Å². The van der Waals surface area contributed by atoms with E-state index >= 15 is 0 Å². The summed E-state index contributed by atoms with van der Waals surface area (Å²) in [5, 5.41) is 4.27. The molecule has 1 N–H and O–H groups in total. The Balaban J connectivity index is 2.34. The number of aromatic nitrogens is 1. The summed E-state index contributed by atoms with van der Waals surface area (Å²) in [6, 6.07) is 0. The third-order valence-electron chi connectivity index (χ3n) is 2.51. The van der Waals surface area contributed by atoms with Gasteiger partial charge in [-0.05, 0) is 19.3 Å². The van der Waals surface area contributed by atoms with Crippen molar-refractivity contribution < 1.29 is 4.74 Å². The topological polar surface area (TPSA) is 34.2 Å². The van der Waals surface area contributed by atoms with Crippen molar-refractivity contribution in [1.29, 1.82) is 0 Å². The molecule has 0 aliphatic heterocycles. The summed E-state index contributed by atoms with van der Waals surface area (Å²) in [6.07, 6.45) is 3.32. The molecule has 1 rings (SSSR count). The summed E-state index contributed by atoms with van der Waals surface area (Å²) < 4.78 is 5.75. The fraction of sp³-hybridized carbons (Fsp3) is 0.750. The van der Waals surface area contributed by atoms with Crippen LogP contribution < -0.4 is 5.32 Å². The molecule has 0 radical (unpaired) electrons. The molecule has 0 bridgehead atoms. The monoisotopic (exact) mass is 242 g/mol. The lowest BCUT2D eigenvalue weighted by atomic mass is 10.1. The molecule has 0 saturated carbocycles. The molecule has 0 spiro atoms. The van der Waals surface area contributed by atoms with Gasteiger partial charge in [-0.2, -0.15) is 0 Å². The minimum atomic E-state index is 0.300. The largest absolute Gasteiger partial charge is 0.373 e. The van der Waals surface area contributed by atoms with Gasteiger partial charge in [-0.15, -0.1) is 0 Å². The first-order valence-electron chi connectivity index (χ1n) is 5.93. The van der Waals surface area contributed by atoms with Gasteiger partial charge in [0.15, 0.2) is 5.13 Å². The second kappa shape index (κ2) is 6.86. The second-order valence-electron chi connectivity index (χ2n) is 4.32. The van der Waals surface area contributed by atoms with Gasteiger partial charge in [0.05, 0.1) is 17.6 Å². The molecule has 1 heterocycles. The molecule has 0 aliphatic carbocycles. The number of anilines is 1. The maximum absolute atomic E-state index is 5.75. The highest BCUT2D eigenvalue weighted by atomic mass is 32.1. The molecule has 0 saturated heterocycles. The summed E-state index contributed by atoms with van der Waals surface area (Å²) >= 11 is 1.68. The summed E-state index contributed by atoms with van der Waals surface area (Å²) in [4.78, 5) is 5.49. The average Bonchev–Trinajstić information content (AvgIpc) is 2.70. The first-order chi connectivity index (χ1) is 7.63. The van der Waals surface area contributed by atoms with E-state index in [9.17, 15) is 0 Å². The number of hydrogen-bond donors (Lipinski definition) is 1. The Bertz CT molecular complexity index is 299. The molecule has 1 aromatic rings. The van der Waals surface area contributed by atoms with Crippen molar-refractivity contribution in [2.75, 3.05) is 11.9 Å². The van der Waals surface area contributed by atoms with Crippen LogP contribution >= 0.6 is 11.3 Å². The molecule has 1 unspecified atom stereocenters. The van der Waals surface area contributed by atoms with Gasteiger partial charge in [0.25, 0.3) is 0 Å². The molecular formula is C12H22N2OS. The van der Waals surface area contributed by atoms with E-state index in [0.717, 1.165) is 18.1 Å².